The van der Waals surface area contributed by atoms with Crippen molar-refractivity contribution in [3.63, 3.8) is 0 Å². The molecule has 1 saturated carbocycles. The van der Waals surface area contributed by atoms with Gasteiger partial charge in [-0.25, -0.2) is 0 Å². The normalized spacial score (nSPS) is 18.3. The van der Waals surface area contributed by atoms with Crippen molar-refractivity contribution in [3.05, 3.63) is 57.6 Å². The summed E-state index contributed by atoms with van der Waals surface area (Å²) in [6, 6.07) is 9.67. The van der Waals surface area contributed by atoms with Crippen LogP contribution in [0.4, 0.5) is 0 Å². The molecule has 1 N–H and O–H groups in total. The first-order valence-corrected chi connectivity index (χ1v) is 15.8. The third kappa shape index (κ3) is 6.68. The molecule has 5 rings (SSSR count). The highest BCUT2D eigenvalue weighted by atomic mass is 35.5. The van der Waals surface area contributed by atoms with Gasteiger partial charge in [0.2, 0.25) is 5.17 Å². The Kier molecular flexibility index (Phi) is 9.58. The molecule has 0 spiro atoms. The number of ether oxygens (including phenoxy) is 3. The molecule has 0 saturated heterocycles. The minimum atomic E-state index is -0.470. The first kappa shape index (κ1) is 30.2. The molecule has 0 bridgehead atoms. The van der Waals surface area contributed by atoms with Crippen LogP contribution in [0.1, 0.15) is 75.5 Å². The molecule has 10 heteroatoms. The van der Waals surface area contributed by atoms with Crippen LogP contribution in [-0.2, 0) is 4.79 Å². The summed E-state index contributed by atoms with van der Waals surface area (Å²) in [5, 5.41) is 16.7. The van der Waals surface area contributed by atoms with E-state index in [1.165, 1.54) is 36.0 Å². The Morgan fingerprint density at radius 2 is 1.86 bits per heavy atom. The monoisotopic (exact) mass is 608 g/mol. The highest BCUT2D eigenvalue weighted by Crippen LogP contribution is 2.39. The highest BCUT2D eigenvalue weighted by molar-refractivity contribution is 8.27. The number of amides is 1. The van der Waals surface area contributed by atoms with Gasteiger partial charge in [-0.3, -0.25) is 10.2 Å². The number of rotatable bonds is 10. The van der Waals surface area contributed by atoms with Gasteiger partial charge in [0.05, 0.1) is 17.2 Å². The highest BCUT2D eigenvalue weighted by Gasteiger charge is 2.38. The Labute approximate surface area is 256 Å². The zero-order chi connectivity index (χ0) is 29.8. The van der Waals surface area contributed by atoms with Crippen molar-refractivity contribution in [1.29, 1.82) is 5.41 Å². The van der Waals surface area contributed by atoms with Crippen LogP contribution in [0.3, 0.4) is 0 Å². The van der Waals surface area contributed by atoms with Gasteiger partial charge in [-0.2, -0.15) is 15.1 Å². The van der Waals surface area contributed by atoms with E-state index in [0.29, 0.717) is 52.3 Å². The molecule has 1 aliphatic carbocycles. The lowest BCUT2D eigenvalue weighted by Crippen LogP contribution is -2.35. The minimum absolute atomic E-state index is 0.00628. The number of aryl methyl sites for hydroxylation is 1. The van der Waals surface area contributed by atoms with E-state index >= 15 is 0 Å². The van der Waals surface area contributed by atoms with Crippen LogP contribution < -0.4 is 14.2 Å². The lowest BCUT2D eigenvalue weighted by molar-refractivity contribution is -0.114. The smallest absolute Gasteiger partial charge is 0.283 e. The minimum Gasteiger partial charge on any atom is -0.490 e. The number of fused-ring (bicyclic) bond motifs is 1. The molecule has 2 heterocycles. The number of thioether (sulfide) groups is 1. The first-order chi connectivity index (χ1) is 20.2. The van der Waals surface area contributed by atoms with Gasteiger partial charge in [0.1, 0.15) is 24.0 Å². The predicted octanol–water partition coefficient (Wildman–Crippen LogP) is 7.83. The van der Waals surface area contributed by atoms with Gasteiger partial charge in [-0.05, 0) is 85.3 Å². The molecule has 3 aliphatic rings. The van der Waals surface area contributed by atoms with Crippen molar-refractivity contribution >= 4 is 51.4 Å². The predicted molar refractivity (Wildman–Crippen MR) is 170 cm³/mol. The van der Waals surface area contributed by atoms with E-state index < -0.39 is 5.91 Å². The molecule has 222 valence electrons. The zero-order valence-corrected chi connectivity index (χ0v) is 26.1. The summed E-state index contributed by atoms with van der Waals surface area (Å²) in [6.07, 6.45) is 7.38. The van der Waals surface area contributed by atoms with E-state index in [-0.39, 0.29) is 18.0 Å². The van der Waals surface area contributed by atoms with E-state index in [4.69, 9.17) is 31.2 Å². The Bertz CT molecular complexity index is 1460. The number of halogens is 1. The number of aliphatic imine (C=N–C) groups is 1. The second-order valence-electron chi connectivity index (χ2n) is 10.9. The summed E-state index contributed by atoms with van der Waals surface area (Å²) < 4.78 is 17.9. The second-order valence-corrected chi connectivity index (χ2v) is 12.3. The Balaban J connectivity index is 1.31. The van der Waals surface area contributed by atoms with Crippen molar-refractivity contribution in [3.8, 4) is 17.2 Å². The number of nitrogens with zero attached hydrogens (tertiary/aromatic N) is 3. The van der Waals surface area contributed by atoms with Crippen LogP contribution in [0.15, 0.2) is 46.0 Å². The molecule has 8 nitrogen and oxygen atoms in total. The lowest BCUT2D eigenvalue weighted by atomic mass is 9.90. The molecule has 2 aromatic carbocycles. The molecule has 0 unspecified atom stereocenters. The number of hydrogen-bond donors (Lipinski definition) is 1. The maximum Gasteiger partial charge on any atom is 0.283 e. The fourth-order valence-electron chi connectivity index (χ4n) is 5.30. The average Bonchev–Trinajstić information content (AvgIpc) is 3.39. The summed E-state index contributed by atoms with van der Waals surface area (Å²) in [6.45, 7) is 9.19. The largest absolute Gasteiger partial charge is 0.490 e. The van der Waals surface area contributed by atoms with E-state index in [1.807, 2.05) is 19.9 Å². The Hall–Kier alpha value is -3.30. The second kappa shape index (κ2) is 13.3. The van der Waals surface area contributed by atoms with E-state index in [0.717, 1.165) is 34.8 Å². The third-order valence-electron chi connectivity index (χ3n) is 7.45. The number of nitrogens with one attached hydrogen (secondary N) is 1. The lowest BCUT2D eigenvalue weighted by Gasteiger charge is -2.20. The Morgan fingerprint density at radius 1 is 1.10 bits per heavy atom. The van der Waals surface area contributed by atoms with Crippen LogP contribution in [0.2, 0.25) is 5.02 Å². The number of carbonyl (C=O) groups is 1. The van der Waals surface area contributed by atoms with Gasteiger partial charge in [0.15, 0.2) is 17.3 Å². The van der Waals surface area contributed by atoms with Crippen LogP contribution >= 0.6 is 23.4 Å². The van der Waals surface area contributed by atoms with Gasteiger partial charge in [-0.15, -0.1) is 0 Å². The standard InChI is InChI=1S/C32H37ClN4O4S/c1-5-39-27-18-21(17-25(33)28(27)41-14-13-40-26-15-20(4)11-12-23(26)19(2)3)16-24-29(34)37-32(35-30(24)38)42-31(36-37)22-9-7-6-8-10-22/h11-12,15-19,22,34H,5-10,13-14H2,1-4H3/b24-16-,34-29?. The van der Waals surface area contributed by atoms with E-state index in [9.17, 15) is 4.79 Å². The number of hydrazone groups is 1. The van der Waals surface area contributed by atoms with Crippen LogP contribution in [0.25, 0.3) is 6.08 Å². The maximum atomic E-state index is 13.0. The van der Waals surface area contributed by atoms with Gasteiger partial charge in [0.25, 0.3) is 5.91 Å². The first-order valence-electron chi connectivity index (χ1n) is 14.6. The molecular formula is C32H37ClN4O4S. The SMILES string of the molecule is CCOc1cc(/C=C2/C(=N)N3N=C(C4CCCCC4)SC3=NC2=O)cc(Cl)c1OCCOc1cc(C)ccc1C(C)C. The van der Waals surface area contributed by atoms with Crippen molar-refractivity contribution in [2.75, 3.05) is 19.8 Å². The van der Waals surface area contributed by atoms with Crippen molar-refractivity contribution in [2.24, 2.45) is 16.0 Å². The molecule has 0 aromatic heterocycles. The molecular weight excluding hydrogens is 572 g/mol. The number of carbonyl (C=O) groups excluding carboxylic acids is 1. The zero-order valence-electron chi connectivity index (χ0n) is 24.5. The van der Waals surface area contributed by atoms with E-state index in [1.54, 1.807) is 18.2 Å². The molecule has 1 amide bonds. The van der Waals surface area contributed by atoms with Crippen molar-refractivity contribution < 1.29 is 19.0 Å². The molecule has 0 atom stereocenters. The average molecular weight is 609 g/mol. The van der Waals surface area contributed by atoms with Crippen LogP contribution in [0.5, 0.6) is 17.2 Å². The van der Waals surface area contributed by atoms with Gasteiger partial charge < -0.3 is 14.2 Å². The quantitative estimate of drug-likeness (QED) is 0.218. The third-order valence-corrected chi connectivity index (χ3v) is 8.80. The maximum absolute atomic E-state index is 13.0. The van der Waals surface area contributed by atoms with Gasteiger partial charge in [-0.1, -0.05) is 56.8 Å². The molecule has 1 fully saturated rings. The summed E-state index contributed by atoms with van der Waals surface area (Å²) in [7, 11) is 0. The molecule has 42 heavy (non-hydrogen) atoms. The van der Waals surface area contributed by atoms with Crippen LogP contribution in [0, 0.1) is 18.3 Å². The fourth-order valence-corrected chi connectivity index (χ4v) is 6.63. The topological polar surface area (TPSA) is 96.6 Å². The number of hydrogen-bond acceptors (Lipinski definition) is 7. The summed E-state index contributed by atoms with van der Waals surface area (Å²) in [4.78, 5) is 17.2. The molecule has 2 aliphatic heterocycles. The van der Waals surface area contributed by atoms with Gasteiger partial charge >= 0.3 is 0 Å². The van der Waals surface area contributed by atoms with Gasteiger partial charge in [0, 0.05) is 5.92 Å². The number of benzene rings is 2. The van der Waals surface area contributed by atoms with Crippen LogP contribution in [-0.4, -0.2) is 46.8 Å². The molecule has 2 aromatic rings. The number of amidine groups is 2. The Morgan fingerprint density at radius 3 is 2.60 bits per heavy atom. The van der Waals surface area contributed by atoms with Crippen molar-refractivity contribution in [1.82, 2.24) is 5.01 Å². The summed E-state index contributed by atoms with van der Waals surface area (Å²) >= 11 is 8.07. The van der Waals surface area contributed by atoms with E-state index in [2.05, 4.69) is 36.1 Å². The summed E-state index contributed by atoms with van der Waals surface area (Å²) in [5.41, 5.74) is 3.03. The van der Waals surface area contributed by atoms with Crippen molar-refractivity contribution in [2.45, 2.75) is 65.7 Å². The summed E-state index contributed by atoms with van der Waals surface area (Å²) in [5.74, 6) is 1.95. The fraction of sp³-hybridized carbons (Fsp3) is 0.438. The molecule has 0 radical (unpaired) electrons.